The van der Waals surface area contributed by atoms with Crippen molar-refractivity contribution in [3.8, 4) is 0 Å². The van der Waals surface area contributed by atoms with Gasteiger partial charge in [0.2, 0.25) is 15.9 Å². The Morgan fingerprint density at radius 1 is 1.32 bits per heavy atom. The maximum Gasteiger partial charge on any atom is 0.223 e. The number of amides is 1. The molecule has 0 radical (unpaired) electrons. The molecule has 6 nitrogen and oxygen atoms in total. The number of sulfonamides is 1. The van der Waals surface area contributed by atoms with E-state index in [4.69, 9.17) is 0 Å². The Morgan fingerprint density at radius 3 is 2.53 bits per heavy atom. The van der Waals surface area contributed by atoms with Crippen LogP contribution in [0.2, 0.25) is 0 Å². The number of carbonyl (C=O) groups is 1. The molecule has 0 aromatic carbocycles. The maximum atomic E-state index is 12.1. The fourth-order valence-electron chi connectivity index (χ4n) is 1.98. The molecule has 1 saturated heterocycles. The van der Waals surface area contributed by atoms with Crippen LogP contribution in [0, 0.1) is 0 Å². The van der Waals surface area contributed by atoms with Crippen LogP contribution < -0.4 is 5.32 Å². The quantitative estimate of drug-likeness (QED) is 0.709. The van der Waals surface area contributed by atoms with E-state index in [2.05, 4.69) is 12.2 Å². The molecule has 0 aromatic heterocycles. The third kappa shape index (κ3) is 5.46. The molecule has 1 aliphatic heterocycles. The lowest BCUT2D eigenvalue weighted by atomic mass is 10.3. The summed E-state index contributed by atoms with van der Waals surface area (Å²) in [5.41, 5.74) is 0. The van der Waals surface area contributed by atoms with E-state index in [0.717, 1.165) is 12.8 Å². The highest BCUT2D eigenvalue weighted by Gasteiger charge is 2.24. The summed E-state index contributed by atoms with van der Waals surface area (Å²) in [6.07, 6.45) is 2.05. The van der Waals surface area contributed by atoms with Gasteiger partial charge in [-0.05, 0) is 6.42 Å². The van der Waals surface area contributed by atoms with Crippen molar-refractivity contribution in [2.45, 2.75) is 26.2 Å². The Balaban J connectivity index is 2.39. The first-order valence-corrected chi connectivity index (χ1v) is 8.51. The molecule has 112 valence electrons. The SMILES string of the molecule is CCCCN(C)C(=O)CCS(=O)(=O)N1CCNCC1. The lowest BCUT2D eigenvalue weighted by molar-refractivity contribution is -0.129. The van der Waals surface area contributed by atoms with Gasteiger partial charge in [-0.3, -0.25) is 4.79 Å². The van der Waals surface area contributed by atoms with Gasteiger partial charge in [-0.1, -0.05) is 13.3 Å². The fourth-order valence-corrected chi connectivity index (χ4v) is 3.41. The van der Waals surface area contributed by atoms with Gasteiger partial charge >= 0.3 is 0 Å². The number of hydrogen-bond donors (Lipinski definition) is 1. The number of hydrogen-bond acceptors (Lipinski definition) is 4. The second-order valence-electron chi connectivity index (χ2n) is 4.88. The van der Waals surface area contributed by atoms with Gasteiger partial charge in [0.1, 0.15) is 0 Å². The molecule has 0 spiro atoms. The van der Waals surface area contributed by atoms with E-state index in [-0.39, 0.29) is 18.1 Å². The van der Waals surface area contributed by atoms with Crippen molar-refractivity contribution < 1.29 is 13.2 Å². The molecular weight excluding hydrogens is 266 g/mol. The standard InChI is InChI=1S/C12H25N3O3S/c1-3-4-8-14(2)12(16)5-11-19(17,18)15-9-6-13-7-10-15/h13H,3-11H2,1-2H3. The van der Waals surface area contributed by atoms with E-state index in [9.17, 15) is 13.2 Å². The summed E-state index contributed by atoms with van der Waals surface area (Å²) in [7, 11) is -1.56. The first-order valence-electron chi connectivity index (χ1n) is 6.90. The van der Waals surface area contributed by atoms with Gasteiger partial charge in [0.15, 0.2) is 0 Å². The van der Waals surface area contributed by atoms with E-state index in [1.807, 2.05) is 0 Å². The molecule has 19 heavy (non-hydrogen) atoms. The van der Waals surface area contributed by atoms with Crippen LogP contribution >= 0.6 is 0 Å². The fraction of sp³-hybridized carbons (Fsp3) is 0.917. The molecule has 1 aliphatic rings. The highest BCUT2D eigenvalue weighted by Crippen LogP contribution is 2.06. The summed E-state index contributed by atoms with van der Waals surface area (Å²) in [5, 5.41) is 3.11. The number of unbranched alkanes of at least 4 members (excludes halogenated alkanes) is 1. The number of carbonyl (C=O) groups excluding carboxylic acids is 1. The van der Waals surface area contributed by atoms with Gasteiger partial charge in [-0.25, -0.2) is 8.42 Å². The van der Waals surface area contributed by atoms with Crippen LogP contribution in [-0.2, 0) is 14.8 Å². The van der Waals surface area contributed by atoms with E-state index < -0.39 is 10.0 Å². The minimum atomic E-state index is -3.29. The van der Waals surface area contributed by atoms with Crippen LogP contribution in [0.25, 0.3) is 0 Å². The molecule has 7 heteroatoms. The van der Waals surface area contributed by atoms with Crippen LogP contribution in [0.3, 0.4) is 0 Å². The van der Waals surface area contributed by atoms with Crippen LogP contribution in [0.5, 0.6) is 0 Å². The summed E-state index contributed by atoms with van der Waals surface area (Å²) >= 11 is 0. The molecule has 0 aromatic rings. The van der Waals surface area contributed by atoms with Crippen molar-refractivity contribution in [3.63, 3.8) is 0 Å². The molecule has 0 bridgehead atoms. The first-order chi connectivity index (χ1) is 8.97. The molecule has 0 saturated carbocycles. The van der Waals surface area contributed by atoms with Crippen LogP contribution in [0.15, 0.2) is 0 Å². The predicted octanol–water partition coefficient (Wildman–Crippen LogP) is -0.130. The summed E-state index contributed by atoms with van der Waals surface area (Å²) < 4.78 is 25.6. The predicted molar refractivity (Wildman–Crippen MR) is 75.4 cm³/mol. The monoisotopic (exact) mass is 291 g/mol. The molecule has 1 N–H and O–H groups in total. The Hall–Kier alpha value is -0.660. The second-order valence-corrected chi connectivity index (χ2v) is 6.97. The zero-order chi connectivity index (χ0) is 14.3. The summed E-state index contributed by atoms with van der Waals surface area (Å²) in [6.45, 7) is 5.13. The molecule has 0 unspecified atom stereocenters. The van der Waals surface area contributed by atoms with E-state index in [1.165, 1.54) is 4.31 Å². The summed E-state index contributed by atoms with van der Waals surface area (Å²) in [5.74, 6) is -0.172. The topological polar surface area (TPSA) is 69.7 Å². The smallest absolute Gasteiger partial charge is 0.223 e. The van der Waals surface area contributed by atoms with Crippen molar-refractivity contribution in [2.75, 3.05) is 45.5 Å². The summed E-state index contributed by atoms with van der Waals surface area (Å²) in [6, 6.07) is 0. The number of rotatable bonds is 7. The first kappa shape index (κ1) is 16.4. The number of piperazine rings is 1. The maximum absolute atomic E-state index is 12.1. The van der Waals surface area contributed by atoms with Crippen molar-refractivity contribution in [1.29, 1.82) is 0 Å². The zero-order valence-electron chi connectivity index (χ0n) is 11.9. The minimum Gasteiger partial charge on any atom is -0.346 e. The Labute approximate surface area is 116 Å². The number of nitrogens with one attached hydrogen (secondary N) is 1. The van der Waals surface area contributed by atoms with Crippen LogP contribution in [0.4, 0.5) is 0 Å². The Kier molecular flexibility index (Phi) is 6.74. The Bertz CT molecular complexity index is 378. The van der Waals surface area contributed by atoms with Gasteiger partial charge in [0.05, 0.1) is 5.75 Å². The molecule has 1 amide bonds. The molecule has 0 atom stereocenters. The van der Waals surface area contributed by atoms with Gasteiger partial charge < -0.3 is 10.2 Å². The van der Waals surface area contributed by atoms with Gasteiger partial charge in [0.25, 0.3) is 0 Å². The Morgan fingerprint density at radius 2 is 1.95 bits per heavy atom. The average molecular weight is 291 g/mol. The highest BCUT2D eigenvalue weighted by atomic mass is 32.2. The van der Waals surface area contributed by atoms with Crippen molar-refractivity contribution in [2.24, 2.45) is 0 Å². The van der Waals surface area contributed by atoms with Gasteiger partial charge in [0, 0.05) is 46.2 Å². The third-order valence-corrected chi connectivity index (χ3v) is 5.19. The summed E-state index contributed by atoms with van der Waals surface area (Å²) in [4.78, 5) is 13.4. The second kappa shape index (κ2) is 7.81. The van der Waals surface area contributed by atoms with Gasteiger partial charge in [-0.2, -0.15) is 4.31 Å². The third-order valence-electron chi connectivity index (χ3n) is 3.32. The normalized spacial score (nSPS) is 17.4. The van der Waals surface area contributed by atoms with Crippen molar-refractivity contribution in [1.82, 2.24) is 14.5 Å². The van der Waals surface area contributed by atoms with E-state index >= 15 is 0 Å². The van der Waals surface area contributed by atoms with Crippen molar-refractivity contribution in [3.05, 3.63) is 0 Å². The van der Waals surface area contributed by atoms with Crippen LogP contribution in [-0.4, -0.2) is 69.1 Å². The minimum absolute atomic E-state index is 0.0759. The molecule has 1 fully saturated rings. The molecule has 1 heterocycles. The average Bonchev–Trinajstić information content (AvgIpc) is 2.43. The van der Waals surface area contributed by atoms with Gasteiger partial charge in [-0.15, -0.1) is 0 Å². The lowest BCUT2D eigenvalue weighted by Gasteiger charge is -2.26. The molecular formula is C12H25N3O3S. The van der Waals surface area contributed by atoms with Crippen LogP contribution in [0.1, 0.15) is 26.2 Å². The molecule has 1 rings (SSSR count). The van der Waals surface area contributed by atoms with E-state index in [1.54, 1.807) is 11.9 Å². The zero-order valence-corrected chi connectivity index (χ0v) is 12.7. The molecule has 0 aliphatic carbocycles. The lowest BCUT2D eigenvalue weighted by Crippen LogP contribution is -2.47. The number of nitrogens with zero attached hydrogens (tertiary/aromatic N) is 2. The van der Waals surface area contributed by atoms with Crippen molar-refractivity contribution >= 4 is 15.9 Å². The van der Waals surface area contributed by atoms with E-state index in [0.29, 0.717) is 32.7 Å². The largest absolute Gasteiger partial charge is 0.346 e. The highest BCUT2D eigenvalue weighted by molar-refractivity contribution is 7.89.